The van der Waals surface area contributed by atoms with Gasteiger partial charge < -0.3 is 19.5 Å². The molecule has 1 unspecified atom stereocenters. The molecule has 8 nitrogen and oxygen atoms in total. The molecule has 10 heteroatoms. The van der Waals surface area contributed by atoms with Crippen molar-refractivity contribution in [3.05, 3.63) is 52.9 Å². The van der Waals surface area contributed by atoms with Crippen molar-refractivity contribution in [3.8, 4) is 0 Å². The van der Waals surface area contributed by atoms with E-state index in [4.69, 9.17) is 20.9 Å². The zero-order chi connectivity index (χ0) is 21.5. The molecule has 1 atom stereocenters. The Morgan fingerprint density at radius 3 is 2.44 bits per heavy atom. The fraction of sp³-hybridized carbons (Fsp3) is 0.545. The summed E-state index contributed by atoms with van der Waals surface area (Å²) in [5.74, 6) is 0.952. The second-order valence-corrected chi connectivity index (χ2v) is 8.33. The first-order valence-electron chi connectivity index (χ1n) is 10.9. The van der Waals surface area contributed by atoms with E-state index < -0.39 is 0 Å². The van der Waals surface area contributed by atoms with Crippen LogP contribution in [-0.4, -0.2) is 91.9 Å². The fourth-order valence-corrected chi connectivity index (χ4v) is 4.34. The van der Waals surface area contributed by atoms with Crippen LogP contribution in [0.4, 0.5) is 0 Å². The van der Waals surface area contributed by atoms with Gasteiger partial charge in [0.25, 0.3) is 0 Å². The molecule has 2 saturated heterocycles. The smallest absolute Gasteiger partial charge is 0.193 e. The van der Waals surface area contributed by atoms with Gasteiger partial charge in [0, 0.05) is 70.5 Å². The fourth-order valence-electron chi connectivity index (χ4n) is 4.22. The van der Waals surface area contributed by atoms with Crippen LogP contribution in [0.5, 0.6) is 0 Å². The molecule has 1 N–H and O–H groups in total. The van der Waals surface area contributed by atoms with Gasteiger partial charge in [0.15, 0.2) is 5.96 Å². The van der Waals surface area contributed by atoms with E-state index in [9.17, 15) is 0 Å². The zero-order valence-corrected chi connectivity index (χ0v) is 21.5. The van der Waals surface area contributed by atoms with Crippen LogP contribution in [0.25, 0.3) is 0 Å². The van der Waals surface area contributed by atoms with Crippen LogP contribution >= 0.6 is 35.6 Å². The van der Waals surface area contributed by atoms with E-state index in [-0.39, 0.29) is 30.0 Å². The molecule has 2 fully saturated rings. The van der Waals surface area contributed by atoms with E-state index in [0.29, 0.717) is 0 Å². The highest BCUT2D eigenvalue weighted by Crippen LogP contribution is 2.23. The molecule has 1 aromatic heterocycles. The Labute approximate surface area is 211 Å². The molecule has 2 aromatic rings. The van der Waals surface area contributed by atoms with Gasteiger partial charge in [-0.2, -0.15) is 0 Å². The quantitative estimate of drug-likeness (QED) is 0.323. The summed E-state index contributed by atoms with van der Waals surface area (Å²) in [4.78, 5) is 11.8. The van der Waals surface area contributed by atoms with Gasteiger partial charge in [-0.3, -0.25) is 14.8 Å². The molecule has 0 aliphatic carbocycles. The predicted molar refractivity (Wildman–Crippen MR) is 137 cm³/mol. The average Bonchev–Trinajstić information content (AvgIpc) is 3.32. The Hall–Kier alpha value is -1.40. The second kappa shape index (κ2) is 12.7. The lowest BCUT2D eigenvalue weighted by atomic mass is 10.0. The molecule has 176 valence electrons. The van der Waals surface area contributed by atoms with Crippen LogP contribution in [0.2, 0.25) is 5.02 Å². The van der Waals surface area contributed by atoms with Gasteiger partial charge in [0.05, 0.1) is 24.9 Å². The molecule has 0 spiro atoms. The van der Waals surface area contributed by atoms with Gasteiger partial charge in [0.2, 0.25) is 0 Å². The number of aliphatic imine (C=N–C) groups is 1. The molecular weight excluding hydrogens is 543 g/mol. The van der Waals surface area contributed by atoms with Crippen molar-refractivity contribution in [2.24, 2.45) is 4.99 Å². The molecule has 2 aliphatic heterocycles. The molecular formula is C22H32ClIN6O2. The topological polar surface area (TPSA) is 69.4 Å². The van der Waals surface area contributed by atoms with Crippen LogP contribution in [0.3, 0.4) is 0 Å². The number of nitrogens with zero attached hydrogens (tertiary/aromatic N) is 5. The van der Waals surface area contributed by atoms with Crippen molar-refractivity contribution in [2.75, 3.05) is 66.1 Å². The maximum absolute atomic E-state index is 6.12. The summed E-state index contributed by atoms with van der Waals surface area (Å²) < 4.78 is 10.5. The zero-order valence-electron chi connectivity index (χ0n) is 18.5. The van der Waals surface area contributed by atoms with E-state index in [1.54, 1.807) is 6.26 Å². The highest BCUT2D eigenvalue weighted by atomic mass is 127. The van der Waals surface area contributed by atoms with Gasteiger partial charge >= 0.3 is 0 Å². The third-order valence-electron chi connectivity index (χ3n) is 5.96. The van der Waals surface area contributed by atoms with Gasteiger partial charge in [-0.15, -0.1) is 24.0 Å². The summed E-state index contributed by atoms with van der Waals surface area (Å²) in [6.07, 6.45) is 1.63. The Morgan fingerprint density at radius 2 is 1.81 bits per heavy atom. The van der Waals surface area contributed by atoms with Crippen molar-refractivity contribution in [1.82, 2.24) is 25.2 Å². The van der Waals surface area contributed by atoms with Gasteiger partial charge in [-0.05, 0) is 17.7 Å². The average molecular weight is 575 g/mol. The Balaban J connectivity index is 0.00000289. The van der Waals surface area contributed by atoms with Gasteiger partial charge in [-0.25, -0.2) is 0 Å². The number of aromatic nitrogens is 1. The number of halogens is 2. The summed E-state index contributed by atoms with van der Waals surface area (Å²) >= 11 is 6.12. The number of rotatable bonds is 6. The summed E-state index contributed by atoms with van der Waals surface area (Å²) in [6.45, 7) is 8.80. The first-order chi connectivity index (χ1) is 15.2. The van der Waals surface area contributed by atoms with Crippen LogP contribution in [0, 0.1) is 0 Å². The van der Waals surface area contributed by atoms with Crippen molar-refractivity contribution >= 4 is 41.5 Å². The van der Waals surface area contributed by atoms with Crippen molar-refractivity contribution in [3.63, 3.8) is 0 Å². The number of benzene rings is 1. The Morgan fingerprint density at radius 1 is 1.09 bits per heavy atom. The standard InChI is InChI=1S/C22H31ClN6O2.HI/c1-24-22(29-9-7-27(8-10-29)17-20-6-13-31-26-20)25-16-21(28-11-14-30-15-12-28)18-2-4-19(23)5-3-18;/h2-6,13,21H,7-12,14-17H2,1H3,(H,24,25);1H. The van der Waals surface area contributed by atoms with Crippen LogP contribution in [-0.2, 0) is 11.3 Å². The van der Waals surface area contributed by atoms with E-state index in [1.807, 2.05) is 25.2 Å². The highest BCUT2D eigenvalue weighted by Gasteiger charge is 2.25. The summed E-state index contributed by atoms with van der Waals surface area (Å²) in [5.41, 5.74) is 2.24. The number of hydrogen-bond donors (Lipinski definition) is 1. The normalized spacial score (nSPS) is 19.4. The SMILES string of the molecule is CN=C(NCC(c1ccc(Cl)cc1)N1CCOCC1)N1CCN(Cc2ccon2)CC1.I. The Bertz CT molecular complexity index is 821. The first kappa shape index (κ1) is 25.2. The maximum Gasteiger partial charge on any atom is 0.193 e. The number of guanidine groups is 1. The summed E-state index contributed by atoms with van der Waals surface area (Å²) in [5, 5.41) is 8.41. The maximum atomic E-state index is 6.12. The third kappa shape index (κ3) is 6.80. The summed E-state index contributed by atoms with van der Waals surface area (Å²) in [7, 11) is 1.86. The molecule has 3 heterocycles. The number of piperazine rings is 1. The lowest BCUT2D eigenvalue weighted by Crippen LogP contribution is -2.53. The second-order valence-electron chi connectivity index (χ2n) is 7.90. The molecule has 0 bridgehead atoms. The van der Waals surface area contributed by atoms with Crippen molar-refractivity contribution in [2.45, 2.75) is 12.6 Å². The predicted octanol–water partition coefficient (Wildman–Crippen LogP) is 2.71. The summed E-state index contributed by atoms with van der Waals surface area (Å²) in [6, 6.07) is 10.3. The van der Waals surface area contributed by atoms with Crippen molar-refractivity contribution in [1.29, 1.82) is 0 Å². The van der Waals surface area contributed by atoms with E-state index in [1.165, 1.54) is 5.56 Å². The molecule has 0 amide bonds. The highest BCUT2D eigenvalue weighted by molar-refractivity contribution is 14.0. The molecule has 32 heavy (non-hydrogen) atoms. The minimum atomic E-state index is 0. The monoisotopic (exact) mass is 574 g/mol. The third-order valence-corrected chi connectivity index (χ3v) is 6.21. The van der Waals surface area contributed by atoms with Gasteiger partial charge in [-0.1, -0.05) is 28.9 Å². The molecule has 4 rings (SSSR count). The number of nitrogens with one attached hydrogen (secondary N) is 1. The van der Waals surface area contributed by atoms with E-state index >= 15 is 0 Å². The minimum Gasteiger partial charge on any atom is -0.379 e. The minimum absolute atomic E-state index is 0. The first-order valence-corrected chi connectivity index (χ1v) is 11.2. The molecule has 2 aliphatic rings. The van der Waals surface area contributed by atoms with Crippen LogP contribution < -0.4 is 5.32 Å². The lowest BCUT2D eigenvalue weighted by Gasteiger charge is -2.38. The number of morpholine rings is 1. The Kier molecular flexibility index (Phi) is 10.0. The van der Waals surface area contributed by atoms with Crippen LogP contribution in [0.15, 0.2) is 46.1 Å². The molecule has 0 radical (unpaired) electrons. The molecule has 0 saturated carbocycles. The van der Waals surface area contributed by atoms with Crippen molar-refractivity contribution < 1.29 is 9.26 Å². The van der Waals surface area contributed by atoms with Crippen LogP contribution in [0.1, 0.15) is 17.3 Å². The van der Waals surface area contributed by atoms with Gasteiger partial charge in [0.1, 0.15) is 6.26 Å². The lowest BCUT2D eigenvalue weighted by molar-refractivity contribution is 0.0168. The number of hydrogen-bond acceptors (Lipinski definition) is 6. The molecule has 1 aromatic carbocycles. The van der Waals surface area contributed by atoms with E-state index in [0.717, 1.165) is 82.2 Å². The largest absolute Gasteiger partial charge is 0.379 e. The van der Waals surface area contributed by atoms with E-state index in [2.05, 4.69) is 42.3 Å². The number of ether oxygens (including phenoxy) is 1.